The molecule has 65 heavy (non-hydrogen) atoms. The normalized spacial score (nSPS) is 12.4. The zero-order valence-electron chi connectivity index (χ0n) is 44.8. The van der Waals surface area contributed by atoms with Crippen molar-refractivity contribution in [2.24, 2.45) is 0 Å². The summed E-state index contributed by atoms with van der Waals surface area (Å²) in [6.45, 7) is 17.5. The Balaban J connectivity index is 5.69. The van der Waals surface area contributed by atoms with Crippen LogP contribution in [0.2, 0.25) is 0 Å². The predicted molar refractivity (Wildman–Crippen MR) is 279 cm³/mol. The van der Waals surface area contributed by atoms with E-state index < -0.39 is 0 Å². The Morgan fingerprint density at radius 3 is 0.692 bits per heavy atom. The average molecular weight is 924 g/mol. The highest BCUT2D eigenvalue weighted by Gasteiger charge is 2.14. The Morgan fingerprint density at radius 1 is 0.215 bits per heavy atom. The van der Waals surface area contributed by atoms with Gasteiger partial charge in [-0.2, -0.15) is 0 Å². The van der Waals surface area contributed by atoms with Crippen LogP contribution in [0.4, 0.5) is 0 Å². The van der Waals surface area contributed by atoms with Gasteiger partial charge in [0.25, 0.3) is 0 Å². The van der Waals surface area contributed by atoms with Crippen LogP contribution >= 0.6 is 0 Å². The summed E-state index contributed by atoms with van der Waals surface area (Å²) in [6, 6.07) is 0. The van der Waals surface area contributed by atoms with Crippen LogP contribution < -0.4 is 0 Å². The number of unbranched alkanes of at least 4 members (excludes halogenated alkanes) is 32. The molecule has 0 spiro atoms. The highest BCUT2D eigenvalue weighted by atomic mass is 16.7. The fourth-order valence-electron chi connectivity index (χ4n) is 8.21. The first-order valence-corrected chi connectivity index (χ1v) is 28.9. The van der Waals surface area contributed by atoms with Crippen LogP contribution in [0, 0.1) is 0 Å². The van der Waals surface area contributed by atoms with Crippen LogP contribution in [0.15, 0.2) is 23.0 Å². The topological polar surface area (TPSA) is 64.6 Å². The molecular formula is C58H114O7. The Morgan fingerprint density at radius 2 is 0.431 bits per heavy atom. The molecule has 0 saturated heterocycles. The molecule has 0 aromatic rings. The summed E-state index contributed by atoms with van der Waals surface area (Å²) in [4.78, 5) is 0. The van der Waals surface area contributed by atoms with Crippen LogP contribution in [0.25, 0.3) is 0 Å². The molecule has 0 aromatic heterocycles. The zero-order valence-corrected chi connectivity index (χ0v) is 44.8. The molecular weight excluding hydrogens is 809 g/mol. The van der Waals surface area contributed by atoms with Gasteiger partial charge in [0.1, 0.15) is 38.3 Å². The summed E-state index contributed by atoms with van der Waals surface area (Å²) in [5, 5.41) is 0. The molecule has 0 rings (SSSR count). The lowest BCUT2D eigenvalue weighted by atomic mass is 10.1. The summed E-state index contributed by atoms with van der Waals surface area (Å²) in [5.41, 5.74) is 0. The van der Waals surface area contributed by atoms with Crippen molar-refractivity contribution in [3.63, 3.8) is 0 Å². The van der Waals surface area contributed by atoms with Crippen LogP contribution in [-0.2, 0) is 33.2 Å². The second-order valence-electron chi connectivity index (χ2n) is 19.0. The van der Waals surface area contributed by atoms with Gasteiger partial charge in [0.2, 0.25) is 0 Å². The summed E-state index contributed by atoms with van der Waals surface area (Å²) in [5.74, 6) is 3.68. The van der Waals surface area contributed by atoms with E-state index in [0.717, 1.165) is 87.6 Å². The van der Waals surface area contributed by atoms with E-state index in [1.54, 1.807) is 0 Å². The third-order valence-electron chi connectivity index (χ3n) is 12.5. The molecule has 0 atom stereocenters. The van der Waals surface area contributed by atoms with Crippen molar-refractivity contribution in [1.29, 1.82) is 0 Å². The van der Waals surface area contributed by atoms with Gasteiger partial charge >= 0.3 is 0 Å². The molecule has 0 amide bonds. The fourth-order valence-corrected chi connectivity index (χ4v) is 8.21. The van der Waals surface area contributed by atoms with Crippen molar-refractivity contribution in [2.75, 3.05) is 53.2 Å². The number of rotatable bonds is 56. The second-order valence-corrected chi connectivity index (χ2v) is 19.0. The van der Waals surface area contributed by atoms with E-state index in [4.69, 9.17) is 33.2 Å². The second kappa shape index (κ2) is 55.2. The monoisotopic (exact) mass is 923 g/mol. The Labute approximate surface area is 406 Å². The third kappa shape index (κ3) is 46.1. The van der Waals surface area contributed by atoms with Gasteiger partial charge in [0.05, 0.1) is 26.4 Å². The highest BCUT2D eigenvalue weighted by Crippen LogP contribution is 2.22. The first-order chi connectivity index (χ1) is 32.2. The van der Waals surface area contributed by atoms with Gasteiger partial charge in [-0.05, 0) is 38.5 Å². The van der Waals surface area contributed by atoms with E-state index in [2.05, 4.69) is 41.5 Å². The van der Waals surface area contributed by atoms with Gasteiger partial charge in [0.15, 0.2) is 11.5 Å². The van der Waals surface area contributed by atoms with Crippen LogP contribution in [-0.4, -0.2) is 53.2 Å². The number of ether oxygens (including phenoxy) is 7. The number of hydrogen-bond donors (Lipinski definition) is 0. The van der Waals surface area contributed by atoms with E-state index in [1.807, 2.05) is 0 Å². The molecule has 0 saturated carbocycles. The maximum absolute atomic E-state index is 6.57. The molecule has 0 aliphatic heterocycles. The van der Waals surface area contributed by atoms with E-state index >= 15 is 0 Å². The molecule has 0 fully saturated rings. The van der Waals surface area contributed by atoms with E-state index in [-0.39, 0.29) is 13.6 Å². The summed E-state index contributed by atoms with van der Waals surface area (Å²) in [6.07, 6.45) is 49.5. The van der Waals surface area contributed by atoms with Crippen molar-refractivity contribution in [3.8, 4) is 0 Å². The molecule has 388 valence electrons. The van der Waals surface area contributed by atoms with Gasteiger partial charge in [-0.3, -0.25) is 0 Å². The fraction of sp³-hybridized carbons (Fsp3) is 0.931. The van der Waals surface area contributed by atoms with Crippen molar-refractivity contribution in [3.05, 3.63) is 23.0 Å². The zero-order chi connectivity index (χ0) is 47.2. The molecule has 0 bridgehead atoms. The Kier molecular flexibility index (Phi) is 53.9. The number of hydrogen-bond acceptors (Lipinski definition) is 7. The molecule has 0 unspecified atom stereocenters. The van der Waals surface area contributed by atoms with Crippen molar-refractivity contribution in [2.45, 2.75) is 298 Å². The molecule has 0 aliphatic rings. The molecule has 7 heteroatoms. The maximum atomic E-state index is 6.57. The smallest absolute Gasteiger partial charge is 0.159 e. The van der Waals surface area contributed by atoms with Gasteiger partial charge < -0.3 is 33.2 Å². The number of allylic oxidation sites excluding steroid dienone is 2. The van der Waals surface area contributed by atoms with Gasteiger partial charge in [-0.25, -0.2) is 0 Å². The first-order valence-electron chi connectivity index (χ1n) is 28.9. The van der Waals surface area contributed by atoms with Crippen LogP contribution in [0.5, 0.6) is 0 Å². The van der Waals surface area contributed by atoms with Gasteiger partial charge in [-0.1, -0.05) is 247 Å². The largest absolute Gasteiger partial charge is 0.494 e. The molecule has 0 aliphatic carbocycles. The van der Waals surface area contributed by atoms with E-state index in [0.29, 0.717) is 26.4 Å². The summed E-state index contributed by atoms with van der Waals surface area (Å²) < 4.78 is 44.5. The molecule has 0 aromatic carbocycles. The molecule has 0 radical (unpaired) electrons. The quantitative estimate of drug-likeness (QED) is 0.0342. The van der Waals surface area contributed by atoms with E-state index in [1.165, 1.54) is 205 Å². The van der Waals surface area contributed by atoms with Crippen molar-refractivity contribution >= 4 is 0 Å². The highest BCUT2D eigenvalue weighted by molar-refractivity contribution is 5.03. The Bertz CT molecular complexity index is 865. The average Bonchev–Trinajstić information content (AvgIpc) is 3.31. The standard InChI is InChI=1S/C58H114O7/c1-7-13-19-25-31-33-39-45-55(62-47-41-35-27-21-15-9-3)57(64-49-43-37-29-23-17-11-5)51-59-53-61-54-60-52-58(65-50-44-38-30-24-18-12-6)56(46-40-34-32-26-20-14-8-2)63-48-42-36-28-22-16-10-4/h7-54H2,1-6H3. The van der Waals surface area contributed by atoms with Gasteiger partial charge in [0, 0.05) is 12.8 Å². The SMILES string of the molecule is CCCCCCCCCC(OCCCCCCCC)=C(COCOCOCC(OCCCCCCCC)=C(CCCCCCCCC)OCCCCCCCC)OCCCCCCCC. The van der Waals surface area contributed by atoms with Crippen LogP contribution in [0.3, 0.4) is 0 Å². The molecule has 0 N–H and O–H groups in total. The molecule has 0 heterocycles. The minimum atomic E-state index is 0.128. The predicted octanol–water partition coefficient (Wildman–Crippen LogP) is 19.2. The molecule has 7 nitrogen and oxygen atoms in total. The minimum Gasteiger partial charge on any atom is -0.494 e. The lowest BCUT2D eigenvalue weighted by Crippen LogP contribution is -2.14. The van der Waals surface area contributed by atoms with Crippen molar-refractivity contribution in [1.82, 2.24) is 0 Å². The summed E-state index contributed by atoms with van der Waals surface area (Å²) >= 11 is 0. The van der Waals surface area contributed by atoms with E-state index in [9.17, 15) is 0 Å². The van der Waals surface area contributed by atoms with Crippen LogP contribution in [0.1, 0.15) is 298 Å². The van der Waals surface area contributed by atoms with Gasteiger partial charge in [-0.15, -0.1) is 0 Å². The van der Waals surface area contributed by atoms with Crippen molar-refractivity contribution < 1.29 is 33.2 Å². The summed E-state index contributed by atoms with van der Waals surface area (Å²) in [7, 11) is 0. The maximum Gasteiger partial charge on any atom is 0.159 e. The minimum absolute atomic E-state index is 0.128. The first kappa shape index (κ1) is 63.6. The third-order valence-corrected chi connectivity index (χ3v) is 12.5. The lowest BCUT2D eigenvalue weighted by Gasteiger charge is -2.19. The lowest BCUT2D eigenvalue weighted by molar-refractivity contribution is -0.132. The Hall–Kier alpha value is -1.44.